The summed E-state index contributed by atoms with van der Waals surface area (Å²) < 4.78 is 20.0. The van der Waals surface area contributed by atoms with Gasteiger partial charge in [-0.1, -0.05) is 15.9 Å². The molecule has 1 saturated heterocycles. The molecule has 0 aromatic heterocycles. The van der Waals surface area contributed by atoms with Gasteiger partial charge in [-0.2, -0.15) is 0 Å². The zero-order valence-electron chi connectivity index (χ0n) is 12.6. The minimum atomic E-state index is -0.649. The van der Waals surface area contributed by atoms with Crippen LogP contribution in [0.4, 0.5) is 4.39 Å². The smallest absolute Gasteiger partial charge is 0.166 e. The Balaban J connectivity index is 1.76. The molecule has 1 N–H and O–H groups in total. The SMILES string of the molecule is CC(C)(O)CN1CCC(COc2ccc(Br)cc2F)CC1. The predicted molar refractivity (Wildman–Crippen MR) is 85.1 cm³/mol. The maximum atomic E-state index is 13.7. The molecule has 21 heavy (non-hydrogen) atoms. The first-order chi connectivity index (χ1) is 9.83. The van der Waals surface area contributed by atoms with E-state index in [4.69, 9.17) is 4.74 Å². The minimum absolute atomic E-state index is 0.317. The highest BCUT2D eigenvalue weighted by Crippen LogP contribution is 2.24. The first kappa shape index (κ1) is 16.7. The Bertz CT molecular complexity index is 468. The van der Waals surface area contributed by atoms with E-state index in [-0.39, 0.29) is 5.82 Å². The molecule has 0 radical (unpaired) electrons. The fraction of sp³-hybridized carbons (Fsp3) is 0.625. The second-order valence-electron chi connectivity index (χ2n) is 6.42. The maximum absolute atomic E-state index is 13.7. The minimum Gasteiger partial charge on any atom is -0.490 e. The second-order valence-corrected chi connectivity index (χ2v) is 7.33. The van der Waals surface area contributed by atoms with E-state index >= 15 is 0 Å². The van der Waals surface area contributed by atoms with Crippen LogP contribution in [0.2, 0.25) is 0 Å². The molecule has 1 heterocycles. The molecule has 3 nitrogen and oxygen atoms in total. The average Bonchev–Trinajstić information content (AvgIpc) is 2.38. The summed E-state index contributed by atoms with van der Waals surface area (Å²) in [7, 11) is 0. The largest absolute Gasteiger partial charge is 0.490 e. The summed E-state index contributed by atoms with van der Waals surface area (Å²) in [6, 6.07) is 4.86. The lowest BCUT2D eigenvalue weighted by Gasteiger charge is -2.35. The van der Waals surface area contributed by atoms with Crippen LogP contribution >= 0.6 is 15.9 Å². The van der Waals surface area contributed by atoms with Crippen LogP contribution in [0.1, 0.15) is 26.7 Å². The average molecular weight is 360 g/mol. The summed E-state index contributed by atoms with van der Waals surface area (Å²) in [4.78, 5) is 2.27. The van der Waals surface area contributed by atoms with Crippen molar-refractivity contribution >= 4 is 15.9 Å². The van der Waals surface area contributed by atoms with Gasteiger partial charge in [0.2, 0.25) is 0 Å². The van der Waals surface area contributed by atoms with E-state index in [1.54, 1.807) is 12.1 Å². The molecule has 0 saturated carbocycles. The van der Waals surface area contributed by atoms with Crippen molar-refractivity contribution in [3.8, 4) is 5.75 Å². The number of β-amino-alcohol motifs (C(OH)–C–C–N with tert-alkyl or cyclic N) is 1. The van der Waals surface area contributed by atoms with Crippen molar-refractivity contribution < 1.29 is 14.2 Å². The standard InChI is InChI=1S/C16H23BrFNO2/c1-16(2,20)11-19-7-5-12(6-8-19)10-21-15-4-3-13(17)9-14(15)18/h3-4,9,12,20H,5-8,10-11H2,1-2H3. The van der Waals surface area contributed by atoms with Gasteiger partial charge in [0.15, 0.2) is 11.6 Å². The summed E-state index contributed by atoms with van der Waals surface area (Å²) in [5.41, 5.74) is -0.649. The predicted octanol–water partition coefficient (Wildman–Crippen LogP) is 3.45. The van der Waals surface area contributed by atoms with Gasteiger partial charge in [-0.25, -0.2) is 4.39 Å². The lowest BCUT2D eigenvalue weighted by Crippen LogP contribution is -2.43. The summed E-state index contributed by atoms with van der Waals surface area (Å²) in [6.45, 7) is 6.83. The number of hydrogen-bond acceptors (Lipinski definition) is 3. The fourth-order valence-corrected chi connectivity index (χ4v) is 2.99. The van der Waals surface area contributed by atoms with Crippen molar-refractivity contribution in [1.82, 2.24) is 4.90 Å². The van der Waals surface area contributed by atoms with E-state index in [1.165, 1.54) is 6.07 Å². The zero-order chi connectivity index (χ0) is 15.5. The first-order valence-electron chi connectivity index (χ1n) is 7.36. The number of benzene rings is 1. The summed E-state index contributed by atoms with van der Waals surface area (Å²) in [6.07, 6.45) is 2.04. The molecular weight excluding hydrogens is 337 g/mol. The van der Waals surface area contributed by atoms with Crippen LogP contribution in [0, 0.1) is 11.7 Å². The highest BCUT2D eigenvalue weighted by atomic mass is 79.9. The van der Waals surface area contributed by atoms with E-state index in [0.717, 1.165) is 25.9 Å². The van der Waals surface area contributed by atoms with E-state index in [2.05, 4.69) is 20.8 Å². The molecule has 0 aliphatic carbocycles. The lowest BCUT2D eigenvalue weighted by atomic mass is 9.96. The molecule has 2 rings (SSSR count). The molecular formula is C16H23BrFNO2. The number of hydrogen-bond donors (Lipinski definition) is 1. The molecule has 1 aromatic rings. The quantitative estimate of drug-likeness (QED) is 0.873. The summed E-state index contributed by atoms with van der Waals surface area (Å²) >= 11 is 3.23. The number of halogens is 2. The van der Waals surface area contributed by atoms with Gasteiger partial charge in [0.05, 0.1) is 12.2 Å². The molecule has 0 amide bonds. The van der Waals surface area contributed by atoms with Crippen LogP contribution < -0.4 is 4.74 Å². The molecule has 0 spiro atoms. The van der Waals surface area contributed by atoms with Crippen LogP contribution in [0.5, 0.6) is 5.75 Å². The van der Waals surface area contributed by atoms with Gasteiger partial charge in [-0.3, -0.25) is 0 Å². The number of piperidine rings is 1. The van der Waals surface area contributed by atoms with Crippen molar-refractivity contribution in [3.05, 3.63) is 28.5 Å². The first-order valence-corrected chi connectivity index (χ1v) is 8.15. The Morgan fingerprint density at radius 3 is 2.62 bits per heavy atom. The highest BCUT2D eigenvalue weighted by molar-refractivity contribution is 9.10. The third-order valence-corrected chi connectivity index (χ3v) is 4.18. The molecule has 0 unspecified atom stereocenters. The Morgan fingerprint density at radius 1 is 1.38 bits per heavy atom. The van der Waals surface area contributed by atoms with Gasteiger partial charge >= 0.3 is 0 Å². The zero-order valence-corrected chi connectivity index (χ0v) is 14.2. The van der Waals surface area contributed by atoms with Crippen molar-refractivity contribution in [2.24, 2.45) is 5.92 Å². The van der Waals surface area contributed by atoms with E-state index in [1.807, 2.05) is 13.8 Å². The van der Waals surface area contributed by atoms with Crippen LogP contribution in [0.15, 0.2) is 22.7 Å². The number of rotatable bonds is 5. The molecule has 118 valence electrons. The van der Waals surface area contributed by atoms with Crippen LogP contribution in [-0.2, 0) is 0 Å². The number of nitrogens with zero attached hydrogens (tertiary/aromatic N) is 1. The van der Waals surface area contributed by atoms with Gasteiger partial charge in [-0.15, -0.1) is 0 Å². The molecule has 1 aliphatic heterocycles. The van der Waals surface area contributed by atoms with Crippen LogP contribution in [0.3, 0.4) is 0 Å². The summed E-state index contributed by atoms with van der Waals surface area (Å²) in [5, 5.41) is 9.83. The van der Waals surface area contributed by atoms with Gasteiger partial charge in [-0.05, 0) is 63.9 Å². The van der Waals surface area contributed by atoms with E-state index in [0.29, 0.717) is 29.3 Å². The van der Waals surface area contributed by atoms with Crippen molar-refractivity contribution in [2.75, 3.05) is 26.2 Å². The number of likely N-dealkylation sites (tertiary alicyclic amines) is 1. The van der Waals surface area contributed by atoms with Crippen molar-refractivity contribution in [1.29, 1.82) is 0 Å². The molecule has 0 atom stereocenters. The Labute approximate surface area is 134 Å². The van der Waals surface area contributed by atoms with E-state index < -0.39 is 5.60 Å². The van der Waals surface area contributed by atoms with Gasteiger partial charge < -0.3 is 14.7 Å². The van der Waals surface area contributed by atoms with Crippen molar-refractivity contribution in [3.63, 3.8) is 0 Å². The van der Waals surface area contributed by atoms with Crippen molar-refractivity contribution in [2.45, 2.75) is 32.3 Å². The van der Waals surface area contributed by atoms with Gasteiger partial charge in [0.1, 0.15) is 0 Å². The normalized spacial score (nSPS) is 18.0. The Hall–Kier alpha value is -0.650. The van der Waals surface area contributed by atoms with Crippen LogP contribution in [-0.4, -0.2) is 41.8 Å². The lowest BCUT2D eigenvalue weighted by molar-refractivity contribution is 0.0211. The van der Waals surface area contributed by atoms with E-state index in [9.17, 15) is 9.50 Å². The monoisotopic (exact) mass is 359 g/mol. The number of aliphatic hydroxyl groups is 1. The molecule has 1 aliphatic rings. The van der Waals surface area contributed by atoms with Gasteiger partial charge in [0.25, 0.3) is 0 Å². The molecule has 0 bridgehead atoms. The van der Waals surface area contributed by atoms with Crippen LogP contribution in [0.25, 0.3) is 0 Å². The third kappa shape index (κ3) is 5.57. The second kappa shape index (κ2) is 7.07. The summed E-state index contributed by atoms with van der Waals surface area (Å²) in [5.74, 6) is 0.437. The molecule has 1 fully saturated rings. The molecule has 1 aromatic carbocycles. The fourth-order valence-electron chi connectivity index (χ4n) is 2.66. The maximum Gasteiger partial charge on any atom is 0.166 e. The molecule has 5 heteroatoms. The third-order valence-electron chi connectivity index (χ3n) is 3.69. The Kier molecular flexibility index (Phi) is 5.63. The Morgan fingerprint density at radius 2 is 2.05 bits per heavy atom. The topological polar surface area (TPSA) is 32.7 Å². The highest BCUT2D eigenvalue weighted by Gasteiger charge is 2.24. The number of ether oxygens (including phenoxy) is 1. The van der Waals surface area contributed by atoms with Gasteiger partial charge in [0, 0.05) is 11.0 Å².